The molecule has 1 aliphatic rings. The molecule has 4 heteroatoms. The van der Waals surface area contributed by atoms with Gasteiger partial charge in [-0.25, -0.2) is 4.79 Å². The molecule has 2 rings (SSSR count). The molecule has 1 aromatic rings. The van der Waals surface area contributed by atoms with Crippen LogP contribution in [0.4, 0.5) is 4.79 Å². The number of likely N-dealkylation sites (tertiary alicyclic amines) is 1. The highest BCUT2D eigenvalue weighted by Crippen LogP contribution is 2.14. The number of carbonyl (C=O) groups is 1. The molecule has 0 spiro atoms. The minimum absolute atomic E-state index is 0.205. The van der Waals surface area contributed by atoms with E-state index in [0.29, 0.717) is 12.6 Å². The summed E-state index contributed by atoms with van der Waals surface area (Å²) >= 11 is 0. The van der Waals surface area contributed by atoms with E-state index in [4.69, 9.17) is 4.74 Å². The van der Waals surface area contributed by atoms with E-state index in [1.54, 1.807) is 4.90 Å². The van der Waals surface area contributed by atoms with Crippen molar-refractivity contribution in [2.45, 2.75) is 19.1 Å². The number of nitrogens with zero attached hydrogens (tertiary/aromatic N) is 2. The van der Waals surface area contributed by atoms with Crippen molar-refractivity contribution in [3.63, 3.8) is 0 Å². The van der Waals surface area contributed by atoms with E-state index in [2.05, 4.69) is 4.90 Å². The van der Waals surface area contributed by atoms with E-state index < -0.39 is 0 Å². The maximum Gasteiger partial charge on any atom is 0.410 e. The van der Waals surface area contributed by atoms with E-state index in [1.165, 1.54) is 0 Å². The fourth-order valence-electron chi connectivity index (χ4n) is 2.14. The molecule has 0 radical (unpaired) electrons. The number of hydrogen-bond acceptors (Lipinski definition) is 3. The van der Waals surface area contributed by atoms with Gasteiger partial charge in [-0.1, -0.05) is 30.3 Å². The van der Waals surface area contributed by atoms with Gasteiger partial charge in [-0.3, -0.25) is 0 Å². The average Bonchev–Trinajstić information content (AvgIpc) is 2.87. The Hall–Kier alpha value is -1.55. The smallest absolute Gasteiger partial charge is 0.410 e. The van der Waals surface area contributed by atoms with Crippen LogP contribution in [0.15, 0.2) is 30.3 Å². The summed E-state index contributed by atoms with van der Waals surface area (Å²) in [5, 5.41) is 0. The second-order valence-corrected chi connectivity index (χ2v) is 4.89. The molecule has 98 valence electrons. The first kappa shape index (κ1) is 12.9. The number of ether oxygens (including phenoxy) is 1. The van der Waals surface area contributed by atoms with E-state index in [-0.39, 0.29) is 6.09 Å². The zero-order valence-corrected chi connectivity index (χ0v) is 11.0. The highest BCUT2D eigenvalue weighted by molar-refractivity contribution is 5.68. The normalized spacial score (nSPS) is 19.3. The fraction of sp³-hybridized carbons (Fsp3) is 0.500. The summed E-state index contributed by atoms with van der Waals surface area (Å²) in [5.41, 5.74) is 1.02. The van der Waals surface area contributed by atoms with Crippen LogP contribution in [0, 0.1) is 0 Å². The standard InChI is InChI=1S/C14H20N2O2/c1-15(2)13-8-9-16(10-13)14(17)18-11-12-6-4-3-5-7-12/h3-7,13H,8-11H2,1-2H3/t13-/m0/s1. The summed E-state index contributed by atoms with van der Waals surface area (Å²) in [6, 6.07) is 10.2. The van der Waals surface area contributed by atoms with Crippen LogP contribution in [0.25, 0.3) is 0 Å². The van der Waals surface area contributed by atoms with Gasteiger partial charge in [0.15, 0.2) is 0 Å². The quantitative estimate of drug-likeness (QED) is 0.819. The Morgan fingerprint density at radius 2 is 2.11 bits per heavy atom. The van der Waals surface area contributed by atoms with Crippen molar-refractivity contribution in [1.29, 1.82) is 0 Å². The summed E-state index contributed by atoms with van der Waals surface area (Å²) in [6.07, 6.45) is 0.816. The van der Waals surface area contributed by atoms with E-state index in [0.717, 1.165) is 25.1 Å². The van der Waals surface area contributed by atoms with Crippen molar-refractivity contribution < 1.29 is 9.53 Å². The molecule has 1 aromatic carbocycles. The second-order valence-electron chi connectivity index (χ2n) is 4.89. The van der Waals surface area contributed by atoms with E-state index in [9.17, 15) is 4.79 Å². The Balaban J connectivity index is 1.79. The third-order valence-electron chi connectivity index (χ3n) is 3.36. The molecule has 4 nitrogen and oxygen atoms in total. The highest BCUT2D eigenvalue weighted by Gasteiger charge is 2.28. The van der Waals surface area contributed by atoms with Gasteiger partial charge in [0.05, 0.1) is 0 Å². The van der Waals surface area contributed by atoms with Crippen LogP contribution < -0.4 is 0 Å². The Morgan fingerprint density at radius 3 is 2.72 bits per heavy atom. The van der Waals surface area contributed by atoms with E-state index >= 15 is 0 Å². The lowest BCUT2D eigenvalue weighted by Gasteiger charge is -2.20. The Morgan fingerprint density at radius 1 is 1.39 bits per heavy atom. The number of rotatable bonds is 3. The van der Waals surface area contributed by atoms with Crippen molar-refractivity contribution in [3.8, 4) is 0 Å². The van der Waals surface area contributed by atoms with Crippen molar-refractivity contribution in [3.05, 3.63) is 35.9 Å². The number of carbonyl (C=O) groups excluding carboxylic acids is 1. The lowest BCUT2D eigenvalue weighted by Crippen LogP contribution is -2.34. The van der Waals surface area contributed by atoms with Crippen LogP contribution in [0.5, 0.6) is 0 Å². The largest absolute Gasteiger partial charge is 0.445 e. The number of hydrogen-bond donors (Lipinski definition) is 0. The van der Waals surface area contributed by atoms with Gasteiger partial charge in [0.2, 0.25) is 0 Å². The van der Waals surface area contributed by atoms with Gasteiger partial charge in [0.1, 0.15) is 6.61 Å². The number of amides is 1. The van der Waals surface area contributed by atoms with Gasteiger partial charge < -0.3 is 14.5 Å². The molecule has 0 unspecified atom stereocenters. The lowest BCUT2D eigenvalue weighted by atomic mass is 10.2. The van der Waals surface area contributed by atoms with Gasteiger partial charge in [0, 0.05) is 19.1 Å². The first-order valence-electron chi connectivity index (χ1n) is 6.29. The molecule has 1 fully saturated rings. The second kappa shape index (κ2) is 5.87. The molecule has 18 heavy (non-hydrogen) atoms. The summed E-state index contributed by atoms with van der Waals surface area (Å²) in [5.74, 6) is 0. The molecule has 1 aliphatic heterocycles. The summed E-state index contributed by atoms with van der Waals surface area (Å²) in [4.78, 5) is 15.8. The van der Waals surface area contributed by atoms with Crippen LogP contribution in [0.3, 0.4) is 0 Å². The summed E-state index contributed by atoms with van der Waals surface area (Å²) in [7, 11) is 4.09. The third-order valence-corrected chi connectivity index (χ3v) is 3.36. The molecule has 1 heterocycles. The Bertz CT molecular complexity index is 392. The molecular formula is C14H20N2O2. The van der Waals surface area contributed by atoms with Crippen molar-refractivity contribution in [2.24, 2.45) is 0 Å². The number of likely N-dealkylation sites (N-methyl/N-ethyl adjacent to an activating group) is 1. The van der Waals surface area contributed by atoms with Crippen LogP contribution in [0.2, 0.25) is 0 Å². The summed E-state index contributed by atoms with van der Waals surface area (Å²) in [6.45, 7) is 1.90. The first-order valence-corrected chi connectivity index (χ1v) is 6.29. The molecule has 1 saturated heterocycles. The lowest BCUT2D eigenvalue weighted by molar-refractivity contribution is 0.102. The van der Waals surface area contributed by atoms with Crippen molar-refractivity contribution in [1.82, 2.24) is 9.80 Å². The fourth-order valence-corrected chi connectivity index (χ4v) is 2.14. The third kappa shape index (κ3) is 3.23. The molecular weight excluding hydrogens is 228 g/mol. The molecule has 0 saturated carbocycles. The zero-order chi connectivity index (χ0) is 13.0. The molecule has 0 bridgehead atoms. The molecule has 1 atom stereocenters. The van der Waals surface area contributed by atoms with Crippen molar-refractivity contribution in [2.75, 3.05) is 27.2 Å². The van der Waals surface area contributed by atoms with Crippen LogP contribution in [0.1, 0.15) is 12.0 Å². The molecule has 0 aliphatic carbocycles. The van der Waals surface area contributed by atoms with Crippen LogP contribution in [-0.4, -0.2) is 49.1 Å². The molecule has 0 aromatic heterocycles. The van der Waals surface area contributed by atoms with E-state index in [1.807, 2.05) is 44.4 Å². The van der Waals surface area contributed by atoms with Gasteiger partial charge >= 0.3 is 6.09 Å². The minimum Gasteiger partial charge on any atom is -0.445 e. The average molecular weight is 248 g/mol. The number of benzene rings is 1. The summed E-state index contributed by atoms with van der Waals surface area (Å²) < 4.78 is 5.31. The maximum atomic E-state index is 11.9. The first-order chi connectivity index (χ1) is 8.66. The molecule has 1 amide bonds. The maximum absolute atomic E-state index is 11.9. The predicted octanol–water partition coefficient (Wildman–Crippen LogP) is 1.96. The topological polar surface area (TPSA) is 32.8 Å². The zero-order valence-electron chi connectivity index (χ0n) is 11.0. The highest BCUT2D eigenvalue weighted by atomic mass is 16.6. The predicted molar refractivity (Wildman–Crippen MR) is 70.3 cm³/mol. The van der Waals surface area contributed by atoms with Gasteiger partial charge in [-0.15, -0.1) is 0 Å². The Labute approximate surface area is 108 Å². The van der Waals surface area contributed by atoms with Crippen LogP contribution in [-0.2, 0) is 11.3 Å². The monoisotopic (exact) mass is 248 g/mol. The van der Waals surface area contributed by atoms with Crippen LogP contribution >= 0.6 is 0 Å². The minimum atomic E-state index is -0.205. The Kier molecular flexibility index (Phi) is 4.20. The van der Waals surface area contributed by atoms with Gasteiger partial charge in [-0.05, 0) is 26.1 Å². The van der Waals surface area contributed by atoms with Crippen molar-refractivity contribution >= 4 is 6.09 Å². The van der Waals surface area contributed by atoms with Gasteiger partial charge in [-0.2, -0.15) is 0 Å². The van der Waals surface area contributed by atoms with Gasteiger partial charge in [0.25, 0.3) is 0 Å². The molecule has 0 N–H and O–H groups in total. The SMILES string of the molecule is CN(C)[C@H]1CCN(C(=O)OCc2ccccc2)C1.